The fraction of sp³-hybridized carbons (Fsp3) is 0.0769. The van der Waals surface area contributed by atoms with Crippen LogP contribution in [0.5, 0.6) is 11.5 Å². The van der Waals surface area contributed by atoms with Gasteiger partial charge in [-0.1, -0.05) is 84.9 Å². The van der Waals surface area contributed by atoms with Crippen LogP contribution >= 0.6 is 0 Å². The maximum atomic E-state index is 5.86. The number of hydrogen-bond donors (Lipinski definition) is 0. The van der Waals surface area contributed by atoms with E-state index in [0.717, 1.165) is 33.8 Å². The zero-order valence-electron chi connectivity index (χ0n) is 15.6. The summed E-state index contributed by atoms with van der Waals surface area (Å²) in [4.78, 5) is 0. The Hall–Kier alpha value is -3.52. The third kappa shape index (κ3) is 4.80. The molecule has 0 aliphatic heterocycles. The van der Waals surface area contributed by atoms with Crippen LogP contribution in [0.3, 0.4) is 0 Å². The Morgan fingerprint density at radius 3 is 1.11 bits per heavy atom. The SMILES string of the molecule is c1ccc(COc2ccc(-c3ccc(OCc4ccccc4)cc3)cc2)cc1. The van der Waals surface area contributed by atoms with Crippen molar-refractivity contribution < 1.29 is 9.47 Å². The molecule has 4 aromatic carbocycles. The van der Waals surface area contributed by atoms with E-state index in [1.807, 2.05) is 60.7 Å². The lowest BCUT2D eigenvalue weighted by Crippen LogP contribution is -1.95. The van der Waals surface area contributed by atoms with Gasteiger partial charge >= 0.3 is 0 Å². The second-order valence-electron chi connectivity index (χ2n) is 6.60. The minimum Gasteiger partial charge on any atom is -0.489 e. The summed E-state index contributed by atoms with van der Waals surface area (Å²) in [5.41, 5.74) is 4.64. The van der Waals surface area contributed by atoms with Crippen LogP contribution < -0.4 is 9.47 Å². The molecule has 0 fully saturated rings. The Bertz CT molecular complexity index is 891. The van der Waals surface area contributed by atoms with Gasteiger partial charge < -0.3 is 9.47 Å². The monoisotopic (exact) mass is 366 g/mol. The summed E-state index contributed by atoms with van der Waals surface area (Å²) in [6.45, 7) is 1.15. The summed E-state index contributed by atoms with van der Waals surface area (Å²) in [5.74, 6) is 1.74. The summed E-state index contributed by atoms with van der Waals surface area (Å²) in [6.07, 6.45) is 0. The summed E-state index contributed by atoms with van der Waals surface area (Å²) in [7, 11) is 0. The molecule has 0 spiro atoms. The minimum atomic E-state index is 0.577. The standard InChI is InChI=1S/C26H22O2/c1-3-7-21(8-4-1)19-27-25-15-11-23(12-16-25)24-13-17-26(18-14-24)28-20-22-9-5-2-6-10-22/h1-18H,19-20H2. The molecule has 0 amide bonds. The first kappa shape index (κ1) is 17.9. The van der Waals surface area contributed by atoms with Gasteiger partial charge in [0.05, 0.1) is 0 Å². The van der Waals surface area contributed by atoms with Gasteiger partial charge in [-0.2, -0.15) is 0 Å². The Balaban J connectivity index is 1.34. The first-order chi connectivity index (χ1) is 13.9. The van der Waals surface area contributed by atoms with Crippen LogP contribution in [-0.2, 0) is 13.2 Å². The molecule has 4 aromatic rings. The van der Waals surface area contributed by atoms with Gasteiger partial charge in [0.15, 0.2) is 0 Å². The molecule has 0 aliphatic carbocycles. The van der Waals surface area contributed by atoms with Gasteiger partial charge in [-0.3, -0.25) is 0 Å². The molecule has 138 valence electrons. The van der Waals surface area contributed by atoms with Crippen molar-refractivity contribution in [3.8, 4) is 22.6 Å². The van der Waals surface area contributed by atoms with Crippen LogP contribution in [0.2, 0.25) is 0 Å². The molecular weight excluding hydrogens is 344 g/mol. The summed E-state index contributed by atoms with van der Waals surface area (Å²) in [6, 6.07) is 36.8. The van der Waals surface area contributed by atoms with Gasteiger partial charge in [0.25, 0.3) is 0 Å². The highest BCUT2D eigenvalue weighted by atomic mass is 16.5. The lowest BCUT2D eigenvalue weighted by atomic mass is 10.1. The fourth-order valence-corrected chi connectivity index (χ4v) is 2.97. The van der Waals surface area contributed by atoms with Gasteiger partial charge in [-0.05, 0) is 46.5 Å². The van der Waals surface area contributed by atoms with Crippen LogP contribution in [0.4, 0.5) is 0 Å². The van der Waals surface area contributed by atoms with E-state index in [1.165, 1.54) is 0 Å². The van der Waals surface area contributed by atoms with Crippen LogP contribution in [-0.4, -0.2) is 0 Å². The van der Waals surface area contributed by atoms with Crippen LogP contribution in [0.15, 0.2) is 109 Å². The Morgan fingerprint density at radius 2 is 0.750 bits per heavy atom. The van der Waals surface area contributed by atoms with Crippen molar-refractivity contribution in [2.24, 2.45) is 0 Å². The molecule has 0 aliphatic rings. The topological polar surface area (TPSA) is 18.5 Å². The van der Waals surface area contributed by atoms with Gasteiger partial charge in [-0.25, -0.2) is 0 Å². The van der Waals surface area contributed by atoms with Crippen molar-refractivity contribution in [1.29, 1.82) is 0 Å². The first-order valence-electron chi connectivity index (χ1n) is 9.41. The normalized spacial score (nSPS) is 10.4. The Kier molecular flexibility index (Phi) is 5.69. The Labute approximate surface area is 166 Å². The maximum absolute atomic E-state index is 5.86. The van der Waals surface area contributed by atoms with Gasteiger partial charge in [-0.15, -0.1) is 0 Å². The van der Waals surface area contributed by atoms with Crippen molar-refractivity contribution in [3.63, 3.8) is 0 Å². The third-order valence-electron chi connectivity index (χ3n) is 4.54. The van der Waals surface area contributed by atoms with Crippen molar-refractivity contribution in [3.05, 3.63) is 120 Å². The van der Waals surface area contributed by atoms with Crippen molar-refractivity contribution in [1.82, 2.24) is 0 Å². The molecule has 0 atom stereocenters. The Morgan fingerprint density at radius 1 is 0.393 bits per heavy atom. The van der Waals surface area contributed by atoms with E-state index in [0.29, 0.717) is 13.2 Å². The first-order valence-corrected chi connectivity index (χ1v) is 9.41. The fourth-order valence-electron chi connectivity index (χ4n) is 2.97. The molecule has 0 N–H and O–H groups in total. The van der Waals surface area contributed by atoms with Gasteiger partial charge in [0, 0.05) is 0 Å². The van der Waals surface area contributed by atoms with E-state index < -0.39 is 0 Å². The van der Waals surface area contributed by atoms with E-state index in [4.69, 9.17) is 9.47 Å². The highest BCUT2D eigenvalue weighted by molar-refractivity contribution is 5.64. The zero-order valence-corrected chi connectivity index (χ0v) is 15.6. The average molecular weight is 366 g/mol. The second-order valence-corrected chi connectivity index (χ2v) is 6.60. The highest BCUT2D eigenvalue weighted by Crippen LogP contribution is 2.25. The molecule has 28 heavy (non-hydrogen) atoms. The molecule has 0 saturated carbocycles. The van der Waals surface area contributed by atoms with Crippen LogP contribution in [0.25, 0.3) is 11.1 Å². The minimum absolute atomic E-state index is 0.577. The molecule has 0 aromatic heterocycles. The second kappa shape index (κ2) is 8.92. The zero-order chi connectivity index (χ0) is 19.0. The number of ether oxygens (including phenoxy) is 2. The number of benzene rings is 4. The molecule has 2 heteroatoms. The molecule has 0 bridgehead atoms. The molecule has 2 nitrogen and oxygen atoms in total. The van der Waals surface area contributed by atoms with Gasteiger partial charge in [0.1, 0.15) is 24.7 Å². The molecule has 0 saturated heterocycles. The van der Waals surface area contributed by atoms with Crippen LogP contribution in [0, 0.1) is 0 Å². The lowest BCUT2D eigenvalue weighted by molar-refractivity contribution is 0.306. The predicted octanol–water partition coefficient (Wildman–Crippen LogP) is 6.51. The molecule has 0 radical (unpaired) electrons. The quantitative estimate of drug-likeness (QED) is 0.371. The lowest BCUT2D eigenvalue weighted by Gasteiger charge is -2.09. The average Bonchev–Trinajstić information content (AvgIpc) is 2.78. The third-order valence-corrected chi connectivity index (χ3v) is 4.54. The van der Waals surface area contributed by atoms with Gasteiger partial charge in [0.2, 0.25) is 0 Å². The molecule has 0 unspecified atom stereocenters. The van der Waals surface area contributed by atoms with E-state index in [-0.39, 0.29) is 0 Å². The van der Waals surface area contributed by atoms with Crippen molar-refractivity contribution in [2.75, 3.05) is 0 Å². The number of rotatable bonds is 7. The van der Waals surface area contributed by atoms with E-state index in [2.05, 4.69) is 48.5 Å². The van der Waals surface area contributed by atoms with Crippen LogP contribution in [0.1, 0.15) is 11.1 Å². The van der Waals surface area contributed by atoms with Crippen molar-refractivity contribution >= 4 is 0 Å². The summed E-state index contributed by atoms with van der Waals surface area (Å²) >= 11 is 0. The van der Waals surface area contributed by atoms with E-state index in [1.54, 1.807) is 0 Å². The number of hydrogen-bond acceptors (Lipinski definition) is 2. The molecular formula is C26H22O2. The highest BCUT2D eigenvalue weighted by Gasteiger charge is 2.01. The largest absolute Gasteiger partial charge is 0.489 e. The summed E-state index contributed by atoms with van der Waals surface area (Å²) in [5, 5.41) is 0. The molecule has 4 rings (SSSR count). The predicted molar refractivity (Wildman–Crippen MR) is 113 cm³/mol. The van der Waals surface area contributed by atoms with Crippen molar-refractivity contribution in [2.45, 2.75) is 13.2 Å². The maximum Gasteiger partial charge on any atom is 0.119 e. The smallest absolute Gasteiger partial charge is 0.119 e. The van der Waals surface area contributed by atoms with E-state index in [9.17, 15) is 0 Å². The molecule has 0 heterocycles. The summed E-state index contributed by atoms with van der Waals surface area (Å²) < 4.78 is 11.7. The van der Waals surface area contributed by atoms with E-state index >= 15 is 0 Å².